The summed E-state index contributed by atoms with van der Waals surface area (Å²) >= 11 is 0. The maximum absolute atomic E-state index is 12.0. The van der Waals surface area contributed by atoms with Crippen LogP contribution in [0.2, 0.25) is 0 Å². The highest BCUT2D eigenvalue weighted by atomic mass is 16.5. The minimum atomic E-state index is -0.503. The third-order valence-corrected chi connectivity index (χ3v) is 4.85. The Hall–Kier alpha value is -2.10. The number of carbonyl (C=O) groups is 2. The van der Waals surface area contributed by atoms with E-state index >= 15 is 0 Å². The smallest absolute Gasteiger partial charge is 0.331 e. The second-order valence-corrected chi connectivity index (χ2v) is 6.80. The zero-order chi connectivity index (χ0) is 17.5. The first-order valence-corrected chi connectivity index (χ1v) is 8.66. The van der Waals surface area contributed by atoms with E-state index < -0.39 is 5.97 Å². The highest BCUT2D eigenvalue weighted by molar-refractivity contribution is 5.89. The summed E-state index contributed by atoms with van der Waals surface area (Å²) in [5.41, 5.74) is 2.06. The van der Waals surface area contributed by atoms with Gasteiger partial charge in [-0.2, -0.15) is 0 Å². The summed E-state index contributed by atoms with van der Waals surface area (Å²) in [6.45, 7) is 6.16. The lowest BCUT2D eigenvalue weighted by molar-refractivity contribution is -0.144. The van der Waals surface area contributed by atoms with E-state index in [4.69, 9.17) is 4.74 Å². The molecule has 0 aliphatic heterocycles. The Bertz CT molecular complexity index is 609. The van der Waals surface area contributed by atoms with Crippen molar-refractivity contribution in [1.82, 2.24) is 5.32 Å². The fourth-order valence-corrected chi connectivity index (χ4v) is 3.16. The molecule has 0 spiro atoms. The van der Waals surface area contributed by atoms with Crippen LogP contribution in [0.5, 0.6) is 0 Å². The zero-order valence-electron chi connectivity index (χ0n) is 14.7. The lowest BCUT2D eigenvalue weighted by Gasteiger charge is -2.34. The van der Waals surface area contributed by atoms with Gasteiger partial charge in [-0.1, -0.05) is 56.5 Å². The number of hydrogen-bond donors (Lipinski definition) is 1. The third-order valence-electron chi connectivity index (χ3n) is 4.85. The Labute approximate surface area is 144 Å². The van der Waals surface area contributed by atoms with Crippen molar-refractivity contribution in [1.29, 1.82) is 0 Å². The molecule has 130 valence electrons. The molecule has 1 aliphatic carbocycles. The molecule has 0 aromatic heterocycles. The number of benzene rings is 1. The Morgan fingerprint density at radius 2 is 2.08 bits per heavy atom. The molecule has 1 saturated carbocycles. The van der Waals surface area contributed by atoms with Crippen molar-refractivity contribution in [2.24, 2.45) is 11.8 Å². The maximum Gasteiger partial charge on any atom is 0.331 e. The number of carbonyl (C=O) groups excluding carboxylic acids is 2. The van der Waals surface area contributed by atoms with Crippen LogP contribution in [-0.4, -0.2) is 24.5 Å². The first-order chi connectivity index (χ1) is 11.5. The first kappa shape index (κ1) is 18.2. The molecule has 0 saturated heterocycles. The van der Waals surface area contributed by atoms with Crippen molar-refractivity contribution < 1.29 is 14.3 Å². The van der Waals surface area contributed by atoms with E-state index in [-0.39, 0.29) is 18.6 Å². The molecule has 1 fully saturated rings. The molecule has 0 bridgehead atoms. The molecule has 3 atom stereocenters. The Kier molecular flexibility index (Phi) is 6.59. The summed E-state index contributed by atoms with van der Waals surface area (Å²) in [5.74, 6) is 0.346. The van der Waals surface area contributed by atoms with E-state index in [0.717, 1.165) is 24.0 Å². The highest BCUT2D eigenvalue weighted by Crippen LogP contribution is 2.29. The predicted molar refractivity (Wildman–Crippen MR) is 95.3 cm³/mol. The molecule has 0 unspecified atom stereocenters. The Morgan fingerprint density at radius 1 is 1.29 bits per heavy atom. The van der Waals surface area contributed by atoms with E-state index in [9.17, 15) is 9.59 Å². The SMILES string of the molecule is Cc1cccc(/C=C/C(=O)OCC(=O)N[C@@H]2CCC[C@@H](C)[C@@H]2C)c1. The van der Waals surface area contributed by atoms with Crippen LogP contribution in [0.1, 0.15) is 44.2 Å². The van der Waals surface area contributed by atoms with Crippen LogP contribution in [-0.2, 0) is 14.3 Å². The number of esters is 1. The van der Waals surface area contributed by atoms with Crippen molar-refractivity contribution in [2.45, 2.75) is 46.1 Å². The van der Waals surface area contributed by atoms with Gasteiger partial charge in [0.2, 0.25) is 0 Å². The summed E-state index contributed by atoms with van der Waals surface area (Å²) < 4.78 is 5.02. The number of rotatable bonds is 5. The van der Waals surface area contributed by atoms with Gasteiger partial charge in [0, 0.05) is 12.1 Å². The summed E-state index contributed by atoms with van der Waals surface area (Å²) in [6, 6.07) is 7.99. The summed E-state index contributed by atoms with van der Waals surface area (Å²) in [6.07, 6.45) is 6.39. The first-order valence-electron chi connectivity index (χ1n) is 8.66. The van der Waals surface area contributed by atoms with Gasteiger partial charge in [-0.05, 0) is 36.8 Å². The van der Waals surface area contributed by atoms with Crippen LogP contribution in [0.3, 0.4) is 0 Å². The Morgan fingerprint density at radius 3 is 2.83 bits per heavy atom. The van der Waals surface area contributed by atoms with E-state index in [1.807, 2.05) is 31.2 Å². The number of ether oxygens (including phenoxy) is 1. The minimum Gasteiger partial charge on any atom is -0.452 e. The molecule has 4 heteroatoms. The van der Waals surface area contributed by atoms with Crippen LogP contribution < -0.4 is 5.32 Å². The van der Waals surface area contributed by atoms with Gasteiger partial charge in [0.1, 0.15) is 0 Å². The average molecular weight is 329 g/mol. The molecule has 1 aromatic rings. The molecule has 1 N–H and O–H groups in total. The molecular weight excluding hydrogens is 302 g/mol. The van der Waals surface area contributed by atoms with E-state index in [2.05, 4.69) is 19.2 Å². The van der Waals surface area contributed by atoms with Crippen LogP contribution in [0.4, 0.5) is 0 Å². The van der Waals surface area contributed by atoms with Gasteiger partial charge in [-0.15, -0.1) is 0 Å². The fourth-order valence-electron chi connectivity index (χ4n) is 3.16. The van der Waals surface area contributed by atoms with E-state index in [1.54, 1.807) is 6.08 Å². The monoisotopic (exact) mass is 329 g/mol. The van der Waals surface area contributed by atoms with Crippen molar-refractivity contribution in [3.05, 3.63) is 41.5 Å². The zero-order valence-corrected chi connectivity index (χ0v) is 14.7. The lowest BCUT2D eigenvalue weighted by atomic mass is 9.78. The number of hydrogen-bond acceptors (Lipinski definition) is 3. The summed E-state index contributed by atoms with van der Waals surface area (Å²) in [4.78, 5) is 23.7. The number of amides is 1. The number of aryl methyl sites for hydroxylation is 1. The molecule has 0 radical (unpaired) electrons. The fraction of sp³-hybridized carbons (Fsp3) is 0.500. The van der Waals surface area contributed by atoms with E-state index in [1.165, 1.54) is 12.5 Å². The van der Waals surface area contributed by atoms with Crippen LogP contribution in [0, 0.1) is 18.8 Å². The van der Waals surface area contributed by atoms with Crippen LogP contribution in [0.25, 0.3) is 6.08 Å². The molecular formula is C20H27NO3. The van der Waals surface area contributed by atoms with Crippen LogP contribution >= 0.6 is 0 Å². The van der Waals surface area contributed by atoms with Gasteiger partial charge < -0.3 is 10.1 Å². The molecule has 2 rings (SSSR count). The topological polar surface area (TPSA) is 55.4 Å². The third kappa shape index (κ3) is 5.52. The quantitative estimate of drug-likeness (QED) is 0.664. The van der Waals surface area contributed by atoms with Crippen molar-refractivity contribution in [3.8, 4) is 0 Å². The molecule has 1 aromatic carbocycles. The van der Waals surface area contributed by atoms with Gasteiger partial charge in [0.15, 0.2) is 6.61 Å². The molecule has 4 nitrogen and oxygen atoms in total. The highest BCUT2D eigenvalue weighted by Gasteiger charge is 2.28. The molecule has 0 heterocycles. The van der Waals surface area contributed by atoms with Crippen LogP contribution in [0.15, 0.2) is 30.3 Å². The van der Waals surface area contributed by atoms with Gasteiger partial charge in [-0.25, -0.2) is 4.79 Å². The van der Waals surface area contributed by atoms with Gasteiger partial charge in [0.25, 0.3) is 5.91 Å². The Balaban J connectivity index is 1.76. The van der Waals surface area contributed by atoms with Gasteiger partial charge >= 0.3 is 5.97 Å². The largest absolute Gasteiger partial charge is 0.452 e. The standard InChI is InChI=1S/C20H27NO3/c1-14-6-4-8-17(12-14)10-11-20(23)24-13-19(22)21-18-9-5-7-15(2)16(18)3/h4,6,8,10-12,15-16,18H,5,7,9,13H2,1-3H3,(H,21,22)/b11-10+/t15-,16+,18-/m1/s1. The average Bonchev–Trinajstić information content (AvgIpc) is 2.55. The van der Waals surface area contributed by atoms with E-state index in [0.29, 0.717) is 11.8 Å². The van der Waals surface area contributed by atoms with Gasteiger partial charge in [-0.3, -0.25) is 4.79 Å². The summed E-state index contributed by atoms with van der Waals surface area (Å²) in [5, 5.41) is 3.00. The summed E-state index contributed by atoms with van der Waals surface area (Å²) in [7, 11) is 0. The second-order valence-electron chi connectivity index (χ2n) is 6.80. The van der Waals surface area contributed by atoms with Crippen molar-refractivity contribution >= 4 is 18.0 Å². The van der Waals surface area contributed by atoms with Crippen molar-refractivity contribution in [2.75, 3.05) is 6.61 Å². The maximum atomic E-state index is 12.0. The molecule has 24 heavy (non-hydrogen) atoms. The second kappa shape index (κ2) is 8.67. The van der Waals surface area contributed by atoms with Gasteiger partial charge in [0.05, 0.1) is 0 Å². The minimum absolute atomic E-state index is 0.183. The molecule has 1 amide bonds. The predicted octanol–water partition coefficient (Wildman–Crippen LogP) is 3.49. The normalized spacial score (nSPS) is 23.9. The lowest BCUT2D eigenvalue weighted by Crippen LogP contribution is -2.45. The van der Waals surface area contributed by atoms with Crippen molar-refractivity contribution in [3.63, 3.8) is 0 Å². The molecule has 1 aliphatic rings. The number of nitrogens with one attached hydrogen (secondary N) is 1.